The van der Waals surface area contributed by atoms with Gasteiger partial charge in [-0.1, -0.05) is 48.6 Å². The predicted molar refractivity (Wildman–Crippen MR) is 75.2 cm³/mol. The van der Waals surface area contributed by atoms with Gasteiger partial charge in [0, 0.05) is 17.5 Å². The van der Waals surface area contributed by atoms with Crippen LogP contribution in [0.25, 0.3) is 0 Å². The second kappa shape index (κ2) is 5.61. The number of carbonyl (C=O) groups is 2. The highest BCUT2D eigenvalue weighted by Gasteiger charge is 2.34. The van der Waals surface area contributed by atoms with Crippen molar-refractivity contribution in [2.24, 2.45) is 5.73 Å². The molecule has 0 aromatic heterocycles. The first-order valence-corrected chi connectivity index (χ1v) is 6.24. The molecular weight excluding hydrogens is 256 g/mol. The second-order valence-corrected chi connectivity index (χ2v) is 4.77. The summed E-state index contributed by atoms with van der Waals surface area (Å²) in [5.74, 6) is -0.950. The van der Waals surface area contributed by atoms with Crippen LogP contribution < -0.4 is 11.1 Å². The molecule has 1 atom stereocenters. The first kappa shape index (κ1) is 13.9. The van der Waals surface area contributed by atoms with Crippen LogP contribution in [0.5, 0.6) is 0 Å². The number of primary amides is 1. The van der Waals surface area contributed by atoms with E-state index in [0.29, 0.717) is 12.0 Å². The van der Waals surface area contributed by atoms with Crippen molar-refractivity contribution >= 4 is 12.0 Å². The van der Waals surface area contributed by atoms with Gasteiger partial charge in [-0.05, 0) is 12.0 Å². The Morgan fingerprint density at radius 2 is 2.00 bits per heavy atom. The van der Waals surface area contributed by atoms with Crippen molar-refractivity contribution in [1.29, 1.82) is 0 Å². The highest BCUT2D eigenvalue weighted by Crippen LogP contribution is 2.35. The average molecular weight is 272 g/mol. The Morgan fingerprint density at radius 1 is 1.30 bits per heavy atom. The van der Waals surface area contributed by atoms with Crippen molar-refractivity contribution in [2.45, 2.75) is 11.8 Å². The van der Waals surface area contributed by atoms with Gasteiger partial charge < -0.3 is 16.2 Å². The van der Waals surface area contributed by atoms with Crippen molar-refractivity contribution in [2.75, 3.05) is 6.54 Å². The quantitative estimate of drug-likeness (QED) is 0.776. The fourth-order valence-corrected chi connectivity index (χ4v) is 2.39. The molecule has 2 amide bonds. The number of carboxylic acids is 1. The zero-order valence-electron chi connectivity index (χ0n) is 10.9. The molecule has 0 radical (unpaired) electrons. The van der Waals surface area contributed by atoms with E-state index in [9.17, 15) is 14.7 Å². The van der Waals surface area contributed by atoms with Gasteiger partial charge >= 0.3 is 12.0 Å². The summed E-state index contributed by atoms with van der Waals surface area (Å²) < 4.78 is 0. The highest BCUT2D eigenvalue weighted by atomic mass is 16.4. The minimum atomic E-state index is -0.950. The molecular formula is C15H16N2O3. The Balaban J connectivity index is 2.36. The van der Waals surface area contributed by atoms with Crippen LogP contribution in [0.2, 0.25) is 0 Å². The van der Waals surface area contributed by atoms with E-state index in [-0.39, 0.29) is 6.54 Å². The van der Waals surface area contributed by atoms with E-state index in [1.165, 1.54) is 0 Å². The standard InChI is InChI=1S/C15H16N2O3/c16-14(20)17-10-15(12-6-2-1-3-7-12)8-4-5-11(9-15)13(18)19/h1-8H,9-10H2,(H,18,19)(H3,16,17,20). The van der Waals surface area contributed by atoms with Gasteiger partial charge in [0.05, 0.1) is 0 Å². The smallest absolute Gasteiger partial charge is 0.331 e. The Hall–Kier alpha value is -2.56. The van der Waals surface area contributed by atoms with Crippen molar-refractivity contribution < 1.29 is 14.7 Å². The van der Waals surface area contributed by atoms with Crippen LogP contribution in [0.1, 0.15) is 12.0 Å². The van der Waals surface area contributed by atoms with Crippen molar-refractivity contribution in [3.05, 3.63) is 59.7 Å². The summed E-state index contributed by atoms with van der Waals surface area (Å²) in [5.41, 5.74) is 5.80. The molecule has 5 heteroatoms. The van der Waals surface area contributed by atoms with E-state index < -0.39 is 17.4 Å². The largest absolute Gasteiger partial charge is 0.478 e. The molecule has 0 saturated carbocycles. The van der Waals surface area contributed by atoms with Crippen LogP contribution in [0.15, 0.2) is 54.1 Å². The molecule has 0 bridgehead atoms. The lowest BCUT2D eigenvalue weighted by Crippen LogP contribution is -2.43. The molecule has 0 heterocycles. The van der Waals surface area contributed by atoms with E-state index in [1.807, 2.05) is 36.4 Å². The lowest BCUT2D eigenvalue weighted by Gasteiger charge is -2.33. The average Bonchev–Trinajstić information content (AvgIpc) is 2.46. The first-order valence-electron chi connectivity index (χ1n) is 6.24. The maximum absolute atomic E-state index is 11.2. The van der Waals surface area contributed by atoms with Crippen LogP contribution in [-0.4, -0.2) is 23.7 Å². The summed E-state index contributed by atoms with van der Waals surface area (Å²) in [6.45, 7) is 0.257. The number of nitrogens with one attached hydrogen (secondary N) is 1. The zero-order valence-corrected chi connectivity index (χ0v) is 10.9. The second-order valence-electron chi connectivity index (χ2n) is 4.77. The topological polar surface area (TPSA) is 92.4 Å². The lowest BCUT2D eigenvalue weighted by molar-refractivity contribution is -0.132. The number of hydrogen-bond acceptors (Lipinski definition) is 2. The molecule has 0 saturated heterocycles. The monoisotopic (exact) mass is 272 g/mol. The molecule has 0 spiro atoms. The number of urea groups is 1. The molecule has 1 aliphatic carbocycles. The molecule has 1 aromatic carbocycles. The Bertz CT molecular complexity index is 578. The van der Waals surface area contributed by atoms with E-state index in [1.54, 1.807) is 12.2 Å². The number of carboxylic acid groups (broad SMARTS) is 1. The van der Waals surface area contributed by atoms with Gasteiger partial charge in [0.1, 0.15) is 0 Å². The summed E-state index contributed by atoms with van der Waals surface area (Å²) in [6, 6.07) is 8.86. The molecule has 0 fully saturated rings. The third-order valence-corrected chi connectivity index (χ3v) is 3.42. The van der Waals surface area contributed by atoms with E-state index in [0.717, 1.165) is 5.56 Å². The summed E-state index contributed by atoms with van der Waals surface area (Å²) in [5, 5.41) is 11.8. The molecule has 1 aromatic rings. The van der Waals surface area contributed by atoms with Gasteiger partial charge in [-0.2, -0.15) is 0 Å². The molecule has 1 unspecified atom stereocenters. The SMILES string of the molecule is NC(=O)NCC1(c2ccccc2)C=CC=C(C(=O)O)C1. The molecule has 104 valence electrons. The van der Waals surface area contributed by atoms with Crippen LogP contribution >= 0.6 is 0 Å². The van der Waals surface area contributed by atoms with Crippen LogP contribution in [-0.2, 0) is 10.2 Å². The maximum Gasteiger partial charge on any atom is 0.331 e. The summed E-state index contributed by atoms with van der Waals surface area (Å²) in [6.07, 6.45) is 5.50. The Kier molecular flexibility index (Phi) is 3.89. The van der Waals surface area contributed by atoms with Crippen LogP contribution in [0.4, 0.5) is 4.79 Å². The van der Waals surface area contributed by atoms with Gasteiger partial charge in [-0.15, -0.1) is 0 Å². The maximum atomic E-state index is 11.2. The lowest BCUT2D eigenvalue weighted by atomic mass is 9.73. The number of hydrogen-bond donors (Lipinski definition) is 3. The summed E-state index contributed by atoms with van der Waals surface area (Å²) in [4.78, 5) is 22.2. The molecule has 4 N–H and O–H groups in total. The number of allylic oxidation sites excluding steroid dienone is 2. The molecule has 1 aliphatic rings. The third kappa shape index (κ3) is 2.88. The van der Waals surface area contributed by atoms with Gasteiger partial charge in [0.15, 0.2) is 0 Å². The van der Waals surface area contributed by atoms with Gasteiger partial charge in [0.2, 0.25) is 0 Å². The fraction of sp³-hybridized carbons (Fsp3) is 0.200. The number of carbonyl (C=O) groups excluding carboxylic acids is 1. The van der Waals surface area contributed by atoms with Gasteiger partial charge in [-0.25, -0.2) is 9.59 Å². The fourth-order valence-electron chi connectivity index (χ4n) is 2.39. The summed E-state index contributed by atoms with van der Waals surface area (Å²) in [7, 11) is 0. The number of amides is 2. The minimum Gasteiger partial charge on any atom is -0.478 e. The number of benzene rings is 1. The van der Waals surface area contributed by atoms with Gasteiger partial charge in [-0.3, -0.25) is 0 Å². The molecule has 0 aliphatic heterocycles. The first-order chi connectivity index (χ1) is 9.53. The molecule has 20 heavy (non-hydrogen) atoms. The van der Waals surface area contributed by atoms with Crippen LogP contribution in [0, 0.1) is 0 Å². The molecule has 5 nitrogen and oxygen atoms in total. The normalized spacial score (nSPS) is 21.1. The minimum absolute atomic E-state index is 0.257. The summed E-state index contributed by atoms with van der Waals surface area (Å²) >= 11 is 0. The van der Waals surface area contributed by atoms with E-state index in [4.69, 9.17) is 5.73 Å². The molecule has 2 rings (SSSR count). The Labute approximate surface area is 116 Å². The predicted octanol–water partition coefficient (Wildman–Crippen LogP) is 1.56. The van der Waals surface area contributed by atoms with E-state index in [2.05, 4.69) is 5.32 Å². The van der Waals surface area contributed by atoms with Crippen molar-refractivity contribution in [3.8, 4) is 0 Å². The van der Waals surface area contributed by atoms with Crippen molar-refractivity contribution in [1.82, 2.24) is 5.32 Å². The van der Waals surface area contributed by atoms with Gasteiger partial charge in [0.25, 0.3) is 0 Å². The highest BCUT2D eigenvalue weighted by molar-refractivity contribution is 5.88. The third-order valence-electron chi connectivity index (χ3n) is 3.42. The van der Waals surface area contributed by atoms with Crippen LogP contribution in [0.3, 0.4) is 0 Å². The number of nitrogens with two attached hydrogens (primary N) is 1. The Morgan fingerprint density at radius 3 is 2.60 bits per heavy atom. The number of rotatable bonds is 4. The van der Waals surface area contributed by atoms with E-state index >= 15 is 0 Å². The number of aliphatic carboxylic acids is 1. The zero-order chi connectivity index (χ0) is 14.6. The van der Waals surface area contributed by atoms with Crippen molar-refractivity contribution in [3.63, 3.8) is 0 Å².